The van der Waals surface area contributed by atoms with Crippen LogP contribution < -0.4 is 20.2 Å². The summed E-state index contributed by atoms with van der Waals surface area (Å²) in [6, 6.07) is 10.00. The lowest BCUT2D eigenvalue weighted by atomic mass is 10.2. The Hall–Kier alpha value is -2.19. The molecule has 0 unspecified atom stereocenters. The largest absolute Gasteiger partial charge is 0.493 e. The average molecular weight is 440 g/mol. The molecule has 0 radical (unpaired) electrons. The molecule has 2 N–H and O–H groups in total. The molecule has 8 heteroatoms. The fourth-order valence-corrected chi connectivity index (χ4v) is 2.68. The van der Waals surface area contributed by atoms with Crippen molar-refractivity contribution < 1.29 is 13.9 Å². The maximum atomic E-state index is 13.7. The molecule has 138 valence electrons. The van der Waals surface area contributed by atoms with Crippen molar-refractivity contribution in [3.8, 4) is 11.5 Å². The van der Waals surface area contributed by atoms with Crippen molar-refractivity contribution in [3.05, 3.63) is 57.8 Å². The number of hydrazone groups is 1. The number of nitrogens with one attached hydrogen (secondary N) is 2. The van der Waals surface area contributed by atoms with Crippen LogP contribution in [0.3, 0.4) is 0 Å². The summed E-state index contributed by atoms with van der Waals surface area (Å²) in [5, 5.41) is 7.45. The van der Waals surface area contributed by atoms with Crippen molar-refractivity contribution in [2.75, 3.05) is 13.7 Å². The lowest BCUT2D eigenvalue weighted by Crippen LogP contribution is -2.31. The summed E-state index contributed by atoms with van der Waals surface area (Å²) >= 11 is 8.51. The third kappa shape index (κ3) is 5.67. The molecule has 0 amide bonds. The van der Waals surface area contributed by atoms with E-state index < -0.39 is 0 Å². The van der Waals surface area contributed by atoms with Gasteiger partial charge in [-0.05, 0) is 53.3 Å². The van der Waals surface area contributed by atoms with Crippen LogP contribution in [0.5, 0.6) is 11.5 Å². The van der Waals surface area contributed by atoms with Crippen LogP contribution in [0.1, 0.15) is 18.1 Å². The maximum Gasteiger partial charge on any atom is 0.186 e. The van der Waals surface area contributed by atoms with Crippen LogP contribution in [-0.4, -0.2) is 25.0 Å². The zero-order valence-corrected chi connectivity index (χ0v) is 16.8. The molecule has 2 rings (SSSR count). The van der Waals surface area contributed by atoms with E-state index >= 15 is 0 Å². The molecular weight excluding hydrogens is 421 g/mol. The summed E-state index contributed by atoms with van der Waals surface area (Å²) in [5.41, 5.74) is 3.96. The second-order valence-electron chi connectivity index (χ2n) is 5.13. The number of halogens is 2. The number of rotatable bonds is 7. The van der Waals surface area contributed by atoms with Gasteiger partial charge in [-0.2, -0.15) is 5.10 Å². The third-order valence-corrected chi connectivity index (χ3v) is 4.25. The number of thiocarbonyl (C=S) groups is 1. The summed E-state index contributed by atoms with van der Waals surface area (Å²) in [4.78, 5) is 0. The predicted molar refractivity (Wildman–Crippen MR) is 108 cm³/mol. The van der Waals surface area contributed by atoms with Crippen molar-refractivity contribution >= 4 is 39.5 Å². The van der Waals surface area contributed by atoms with Gasteiger partial charge in [0.1, 0.15) is 12.4 Å². The molecule has 0 fully saturated rings. The quantitative estimate of drug-likeness (QED) is 0.388. The van der Waals surface area contributed by atoms with Gasteiger partial charge in [0.15, 0.2) is 16.6 Å². The molecule has 0 aliphatic heterocycles. The number of ether oxygens (including phenoxy) is 2. The number of hydrogen-bond donors (Lipinski definition) is 2. The fourth-order valence-electron chi connectivity index (χ4n) is 2.05. The summed E-state index contributed by atoms with van der Waals surface area (Å²) in [6.07, 6.45) is 1.61. The molecule has 0 spiro atoms. The smallest absolute Gasteiger partial charge is 0.186 e. The number of benzene rings is 2. The minimum atomic E-state index is -0.308. The third-order valence-electron chi connectivity index (χ3n) is 3.33. The van der Waals surface area contributed by atoms with Gasteiger partial charge >= 0.3 is 0 Å². The highest BCUT2D eigenvalue weighted by atomic mass is 79.9. The van der Waals surface area contributed by atoms with E-state index in [9.17, 15) is 4.39 Å². The summed E-state index contributed by atoms with van der Waals surface area (Å²) in [5.74, 6) is 0.702. The molecule has 0 saturated heterocycles. The summed E-state index contributed by atoms with van der Waals surface area (Å²) < 4.78 is 25.6. The van der Waals surface area contributed by atoms with Crippen LogP contribution in [0.2, 0.25) is 0 Å². The van der Waals surface area contributed by atoms with E-state index in [1.54, 1.807) is 43.7 Å². The van der Waals surface area contributed by atoms with Crippen LogP contribution in [0, 0.1) is 5.82 Å². The predicted octanol–water partition coefficient (Wildman–Crippen LogP) is 3.99. The van der Waals surface area contributed by atoms with Gasteiger partial charge in [0, 0.05) is 22.1 Å². The zero-order valence-electron chi connectivity index (χ0n) is 14.4. The van der Waals surface area contributed by atoms with E-state index in [1.807, 2.05) is 6.92 Å². The molecule has 26 heavy (non-hydrogen) atoms. The van der Waals surface area contributed by atoms with Crippen LogP contribution in [-0.2, 0) is 6.61 Å². The molecule has 0 aromatic heterocycles. The Morgan fingerprint density at radius 2 is 2.08 bits per heavy atom. The van der Waals surface area contributed by atoms with Crippen LogP contribution in [0.15, 0.2) is 46.0 Å². The zero-order chi connectivity index (χ0) is 18.9. The van der Waals surface area contributed by atoms with Gasteiger partial charge in [-0.15, -0.1) is 0 Å². The topological polar surface area (TPSA) is 54.9 Å². The Bertz CT molecular complexity index is 802. The number of hydrogen-bond acceptors (Lipinski definition) is 4. The Kier molecular flexibility index (Phi) is 7.80. The Morgan fingerprint density at radius 1 is 1.31 bits per heavy atom. The highest BCUT2D eigenvalue weighted by Gasteiger charge is 2.11. The fraction of sp³-hybridized carbons (Fsp3) is 0.222. The van der Waals surface area contributed by atoms with Crippen LogP contribution in [0.4, 0.5) is 4.39 Å². The van der Waals surface area contributed by atoms with Crippen molar-refractivity contribution in [2.24, 2.45) is 5.10 Å². The standard InChI is InChI=1S/C18H19BrFN3O2S/c1-3-21-18(26)23-22-10-13-8-16(24-2)17(9-14(13)19)25-11-12-6-4-5-7-15(12)20/h4-10H,3,11H2,1-2H3,(H2,21,23,26)/b22-10-. The normalized spacial score (nSPS) is 10.6. The molecule has 0 aliphatic carbocycles. The van der Waals surface area contributed by atoms with Gasteiger partial charge < -0.3 is 14.8 Å². The van der Waals surface area contributed by atoms with Gasteiger partial charge in [-0.25, -0.2) is 4.39 Å². The Balaban J connectivity index is 2.12. The highest BCUT2D eigenvalue weighted by molar-refractivity contribution is 9.10. The Labute approximate surface area is 165 Å². The summed E-state index contributed by atoms with van der Waals surface area (Å²) in [6.45, 7) is 2.76. The molecule has 0 aliphatic rings. The van der Waals surface area contributed by atoms with Crippen molar-refractivity contribution in [3.63, 3.8) is 0 Å². The number of methoxy groups -OCH3 is 1. The summed E-state index contributed by atoms with van der Waals surface area (Å²) in [7, 11) is 1.54. The molecule has 0 bridgehead atoms. The van der Waals surface area contributed by atoms with E-state index in [2.05, 4.69) is 31.8 Å². The first kappa shape index (κ1) is 20.1. The van der Waals surface area contributed by atoms with Gasteiger partial charge in [-0.1, -0.05) is 18.2 Å². The first-order valence-corrected chi connectivity index (χ1v) is 9.06. The molecule has 0 heterocycles. The maximum absolute atomic E-state index is 13.7. The SMILES string of the molecule is CCNC(=S)N/N=C\c1cc(OC)c(OCc2ccccc2F)cc1Br. The van der Waals surface area contributed by atoms with E-state index in [0.29, 0.717) is 28.7 Å². The molecule has 2 aromatic rings. The van der Waals surface area contributed by atoms with E-state index in [0.717, 1.165) is 10.0 Å². The molecular formula is C18H19BrFN3O2S. The first-order valence-electron chi connectivity index (χ1n) is 7.85. The van der Waals surface area contributed by atoms with Crippen molar-refractivity contribution in [2.45, 2.75) is 13.5 Å². The lowest BCUT2D eigenvalue weighted by molar-refractivity contribution is 0.279. The second kappa shape index (κ2) is 10.1. The highest BCUT2D eigenvalue weighted by Crippen LogP contribution is 2.33. The molecule has 2 aromatic carbocycles. The monoisotopic (exact) mass is 439 g/mol. The van der Waals surface area contributed by atoms with E-state index in [1.165, 1.54) is 6.07 Å². The lowest BCUT2D eigenvalue weighted by Gasteiger charge is -2.13. The average Bonchev–Trinajstić information content (AvgIpc) is 2.62. The molecule has 0 atom stereocenters. The van der Waals surface area contributed by atoms with Crippen LogP contribution in [0.25, 0.3) is 0 Å². The molecule has 0 saturated carbocycles. The minimum Gasteiger partial charge on any atom is -0.493 e. The number of nitrogens with zero attached hydrogens (tertiary/aromatic N) is 1. The Morgan fingerprint density at radius 3 is 2.77 bits per heavy atom. The second-order valence-corrected chi connectivity index (χ2v) is 6.40. The van der Waals surface area contributed by atoms with Gasteiger partial charge in [0.2, 0.25) is 0 Å². The molecule has 5 nitrogen and oxygen atoms in total. The van der Waals surface area contributed by atoms with Crippen molar-refractivity contribution in [1.82, 2.24) is 10.7 Å². The van der Waals surface area contributed by atoms with E-state index in [4.69, 9.17) is 21.7 Å². The first-order chi connectivity index (χ1) is 12.5. The van der Waals surface area contributed by atoms with Gasteiger partial charge in [0.25, 0.3) is 0 Å². The minimum absolute atomic E-state index is 0.0986. The van der Waals surface area contributed by atoms with Crippen molar-refractivity contribution in [1.29, 1.82) is 0 Å². The van der Waals surface area contributed by atoms with Gasteiger partial charge in [-0.3, -0.25) is 5.43 Å². The van der Waals surface area contributed by atoms with Gasteiger partial charge in [0.05, 0.1) is 13.3 Å². The van der Waals surface area contributed by atoms with E-state index in [-0.39, 0.29) is 12.4 Å². The van der Waals surface area contributed by atoms with Crippen LogP contribution >= 0.6 is 28.1 Å².